The second kappa shape index (κ2) is 2.29. The molecule has 2 N–H and O–H groups in total. The van der Waals surface area contributed by atoms with E-state index in [0.29, 0.717) is 13.2 Å². The van der Waals surface area contributed by atoms with Crippen molar-refractivity contribution < 1.29 is 4.74 Å². The van der Waals surface area contributed by atoms with Gasteiger partial charge in [0.05, 0.1) is 13.2 Å². The SMILES string of the molecule is C=C1COC[C@@H](N)C1. The molecule has 1 aliphatic rings. The van der Waals surface area contributed by atoms with Crippen LogP contribution in [0.3, 0.4) is 0 Å². The van der Waals surface area contributed by atoms with E-state index in [9.17, 15) is 0 Å². The van der Waals surface area contributed by atoms with Crippen molar-refractivity contribution >= 4 is 0 Å². The second-order valence-electron chi connectivity index (χ2n) is 2.23. The van der Waals surface area contributed by atoms with Crippen LogP contribution in [0.1, 0.15) is 6.42 Å². The zero-order valence-electron chi connectivity index (χ0n) is 4.89. The molecule has 0 spiro atoms. The van der Waals surface area contributed by atoms with Crippen LogP contribution >= 0.6 is 0 Å². The van der Waals surface area contributed by atoms with E-state index in [4.69, 9.17) is 10.5 Å². The van der Waals surface area contributed by atoms with E-state index in [2.05, 4.69) is 6.58 Å². The van der Waals surface area contributed by atoms with E-state index >= 15 is 0 Å². The predicted molar refractivity (Wildman–Crippen MR) is 32.6 cm³/mol. The van der Waals surface area contributed by atoms with Crippen LogP contribution in [0.25, 0.3) is 0 Å². The van der Waals surface area contributed by atoms with Gasteiger partial charge in [-0.2, -0.15) is 0 Å². The predicted octanol–water partition coefficient (Wildman–Crippen LogP) is 0.290. The van der Waals surface area contributed by atoms with E-state index in [1.807, 2.05) is 0 Å². The first-order valence-electron chi connectivity index (χ1n) is 2.79. The smallest absolute Gasteiger partial charge is 0.0675 e. The Morgan fingerprint density at radius 2 is 2.50 bits per heavy atom. The summed E-state index contributed by atoms with van der Waals surface area (Å²) in [6, 6.07) is 0.191. The van der Waals surface area contributed by atoms with Gasteiger partial charge in [0.25, 0.3) is 0 Å². The quantitative estimate of drug-likeness (QED) is 0.458. The summed E-state index contributed by atoms with van der Waals surface area (Å²) in [5, 5.41) is 0. The van der Waals surface area contributed by atoms with E-state index in [0.717, 1.165) is 12.0 Å². The van der Waals surface area contributed by atoms with Crippen molar-refractivity contribution in [2.45, 2.75) is 12.5 Å². The monoisotopic (exact) mass is 113 g/mol. The Balaban J connectivity index is 2.34. The molecule has 46 valence electrons. The highest BCUT2D eigenvalue weighted by molar-refractivity contribution is 4.99. The van der Waals surface area contributed by atoms with Gasteiger partial charge in [-0.05, 0) is 6.42 Å². The summed E-state index contributed by atoms with van der Waals surface area (Å²) < 4.78 is 5.07. The topological polar surface area (TPSA) is 35.2 Å². The summed E-state index contributed by atoms with van der Waals surface area (Å²) in [7, 11) is 0. The Morgan fingerprint density at radius 1 is 1.75 bits per heavy atom. The summed E-state index contributed by atoms with van der Waals surface area (Å²) in [5.74, 6) is 0. The van der Waals surface area contributed by atoms with Crippen LogP contribution < -0.4 is 5.73 Å². The summed E-state index contributed by atoms with van der Waals surface area (Å²) in [5.41, 5.74) is 6.65. The van der Waals surface area contributed by atoms with Crippen molar-refractivity contribution in [1.82, 2.24) is 0 Å². The lowest BCUT2D eigenvalue weighted by molar-refractivity contribution is 0.115. The molecular weight excluding hydrogens is 102 g/mol. The molecule has 0 radical (unpaired) electrons. The minimum absolute atomic E-state index is 0.191. The minimum atomic E-state index is 0.191. The number of hydrogen-bond acceptors (Lipinski definition) is 2. The molecule has 1 aliphatic heterocycles. The fraction of sp³-hybridized carbons (Fsp3) is 0.667. The Morgan fingerprint density at radius 3 is 2.88 bits per heavy atom. The maximum absolute atomic E-state index is 5.54. The van der Waals surface area contributed by atoms with Crippen molar-refractivity contribution in [1.29, 1.82) is 0 Å². The first-order chi connectivity index (χ1) is 3.79. The van der Waals surface area contributed by atoms with E-state index in [-0.39, 0.29) is 6.04 Å². The first-order valence-corrected chi connectivity index (χ1v) is 2.79. The van der Waals surface area contributed by atoms with Gasteiger partial charge in [0.1, 0.15) is 0 Å². The van der Waals surface area contributed by atoms with Crippen molar-refractivity contribution in [3.8, 4) is 0 Å². The standard InChI is InChI=1S/C6H11NO/c1-5-2-6(7)4-8-3-5/h6H,1-4,7H2/t6-/m0/s1. The van der Waals surface area contributed by atoms with Crippen LogP contribution in [0.4, 0.5) is 0 Å². The van der Waals surface area contributed by atoms with Crippen molar-refractivity contribution in [2.24, 2.45) is 5.73 Å². The average molecular weight is 113 g/mol. The van der Waals surface area contributed by atoms with Crippen molar-refractivity contribution in [3.05, 3.63) is 12.2 Å². The fourth-order valence-corrected chi connectivity index (χ4v) is 0.843. The molecular formula is C6H11NO. The highest BCUT2D eigenvalue weighted by atomic mass is 16.5. The third-order valence-corrected chi connectivity index (χ3v) is 1.19. The van der Waals surface area contributed by atoms with Crippen LogP contribution in [-0.4, -0.2) is 19.3 Å². The Hall–Kier alpha value is -0.340. The van der Waals surface area contributed by atoms with Gasteiger partial charge in [-0.25, -0.2) is 0 Å². The maximum Gasteiger partial charge on any atom is 0.0675 e. The van der Waals surface area contributed by atoms with Crippen LogP contribution in [0.2, 0.25) is 0 Å². The lowest BCUT2D eigenvalue weighted by Crippen LogP contribution is -2.31. The highest BCUT2D eigenvalue weighted by Crippen LogP contribution is 2.07. The van der Waals surface area contributed by atoms with E-state index in [1.165, 1.54) is 0 Å². The second-order valence-corrected chi connectivity index (χ2v) is 2.23. The van der Waals surface area contributed by atoms with Crippen LogP contribution in [-0.2, 0) is 4.74 Å². The van der Waals surface area contributed by atoms with Gasteiger partial charge >= 0.3 is 0 Å². The van der Waals surface area contributed by atoms with Gasteiger partial charge in [0.2, 0.25) is 0 Å². The van der Waals surface area contributed by atoms with Crippen molar-refractivity contribution in [3.63, 3.8) is 0 Å². The molecule has 0 aromatic rings. The molecule has 1 atom stereocenters. The van der Waals surface area contributed by atoms with Gasteiger partial charge < -0.3 is 10.5 Å². The van der Waals surface area contributed by atoms with Gasteiger partial charge in [0.15, 0.2) is 0 Å². The van der Waals surface area contributed by atoms with Crippen LogP contribution in [0.5, 0.6) is 0 Å². The Kier molecular flexibility index (Phi) is 1.65. The molecule has 0 aromatic carbocycles. The van der Waals surface area contributed by atoms with Gasteiger partial charge in [0, 0.05) is 6.04 Å². The third kappa shape index (κ3) is 1.32. The van der Waals surface area contributed by atoms with E-state index in [1.54, 1.807) is 0 Å². The zero-order valence-corrected chi connectivity index (χ0v) is 4.89. The van der Waals surface area contributed by atoms with Gasteiger partial charge in [-0.15, -0.1) is 0 Å². The normalized spacial score (nSPS) is 30.6. The van der Waals surface area contributed by atoms with Gasteiger partial charge in [-0.1, -0.05) is 12.2 Å². The zero-order chi connectivity index (χ0) is 5.98. The maximum atomic E-state index is 5.54. The lowest BCUT2D eigenvalue weighted by Gasteiger charge is -2.19. The summed E-state index contributed by atoms with van der Waals surface area (Å²) in [4.78, 5) is 0. The molecule has 8 heavy (non-hydrogen) atoms. The molecule has 0 saturated carbocycles. The van der Waals surface area contributed by atoms with Gasteiger partial charge in [-0.3, -0.25) is 0 Å². The molecule has 0 unspecified atom stereocenters. The minimum Gasteiger partial charge on any atom is -0.376 e. The number of hydrogen-bond donors (Lipinski definition) is 1. The summed E-state index contributed by atoms with van der Waals surface area (Å²) in [6.45, 7) is 5.16. The first kappa shape index (κ1) is 5.79. The summed E-state index contributed by atoms with van der Waals surface area (Å²) in [6.07, 6.45) is 0.931. The molecule has 0 bridgehead atoms. The molecule has 2 heteroatoms. The molecule has 0 aliphatic carbocycles. The van der Waals surface area contributed by atoms with Crippen LogP contribution in [0.15, 0.2) is 12.2 Å². The fourth-order valence-electron chi connectivity index (χ4n) is 0.843. The lowest BCUT2D eigenvalue weighted by atomic mass is 10.1. The average Bonchev–Trinajstić information content (AvgIpc) is 1.64. The molecule has 1 rings (SSSR count). The molecule has 1 fully saturated rings. The van der Waals surface area contributed by atoms with Crippen LogP contribution in [0, 0.1) is 0 Å². The Labute approximate surface area is 49.3 Å². The van der Waals surface area contributed by atoms with E-state index < -0.39 is 0 Å². The largest absolute Gasteiger partial charge is 0.376 e. The Bertz CT molecular complexity index is 101. The molecule has 1 heterocycles. The highest BCUT2D eigenvalue weighted by Gasteiger charge is 2.10. The third-order valence-electron chi connectivity index (χ3n) is 1.19. The van der Waals surface area contributed by atoms with Crippen molar-refractivity contribution in [2.75, 3.05) is 13.2 Å². The summed E-state index contributed by atoms with van der Waals surface area (Å²) >= 11 is 0. The number of ether oxygens (including phenoxy) is 1. The number of nitrogens with two attached hydrogens (primary N) is 1. The number of rotatable bonds is 0. The molecule has 1 saturated heterocycles. The molecule has 0 aromatic heterocycles. The molecule has 0 amide bonds. The molecule has 2 nitrogen and oxygen atoms in total.